The van der Waals surface area contributed by atoms with E-state index in [0.717, 1.165) is 47.3 Å². The molecule has 188 valence electrons. The summed E-state index contributed by atoms with van der Waals surface area (Å²) in [6.07, 6.45) is 1.77. The van der Waals surface area contributed by atoms with Crippen molar-refractivity contribution in [2.45, 2.75) is 38.8 Å². The number of aromatic nitrogens is 7. The van der Waals surface area contributed by atoms with Gasteiger partial charge in [0, 0.05) is 18.5 Å². The van der Waals surface area contributed by atoms with Gasteiger partial charge in [-0.05, 0) is 56.4 Å². The Bertz CT molecular complexity index is 1490. The Morgan fingerprint density at radius 2 is 1.78 bits per heavy atom. The predicted octanol–water partition coefficient (Wildman–Crippen LogP) is 6.01. The zero-order chi connectivity index (χ0) is 25.8. The first-order valence-electron chi connectivity index (χ1n) is 12.0. The lowest BCUT2D eigenvalue weighted by atomic mass is 9.98. The molecule has 8 nitrogen and oxygen atoms in total. The first-order valence-corrected chi connectivity index (χ1v) is 13.2. The number of nitrogens with one attached hydrogen (secondary N) is 1. The van der Waals surface area contributed by atoms with Gasteiger partial charge < -0.3 is 9.67 Å². The van der Waals surface area contributed by atoms with Gasteiger partial charge in [-0.2, -0.15) is 5.21 Å². The molecule has 5 rings (SSSR count). The summed E-state index contributed by atoms with van der Waals surface area (Å²) in [4.78, 5) is 9.06. The van der Waals surface area contributed by atoms with E-state index in [1.54, 1.807) is 6.07 Å². The molecule has 0 aliphatic rings. The maximum atomic E-state index is 11.3. The Balaban J connectivity index is 1.48. The second-order valence-electron chi connectivity index (χ2n) is 8.66. The summed E-state index contributed by atoms with van der Waals surface area (Å²) >= 11 is 9.99. The Hall–Kier alpha value is -3.40. The normalized spacial score (nSPS) is 12.1. The lowest BCUT2D eigenvalue weighted by Gasteiger charge is -2.17. The number of halogens is 2. The molecule has 5 aromatic rings. The van der Waals surface area contributed by atoms with E-state index in [1.165, 1.54) is 0 Å². The minimum absolute atomic E-state index is 0.297. The summed E-state index contributed by atoms with van der Waals surface area (Å²) in [6, 6.07) is 21.7. The highest BCUT2D eigenvalue weighted by atomic mass is 79.9. The smallest absolute Gasteiger partial charge is 0.205 e. The molecule has 3 aromatic heterocycles. The highest BCUT2D eigenvalue weighted by molar-refractivity contribution is 9.10. The van der Waals surface area contributed by atoms with E-state index in [9.17, 15) is 5.11 Å². The molecule has 0 spiro atoms. The van der Waals surface area contributed by atoms with Gasteiger partial charge in [-0.3, -0.25) is 0 Å². The minimum atomic E-state index is -1.01. The molecule has 0 fully saturated rings. The fourth-order valence-corrected chi connectivity index (χ4v) is 5.00. The number of aromatic amines is 1. The van der Waals surface area contributed by atoms with Crippen molar-refractivity contribution in [3.63, 3.8) is 0 Å². The van der Waals surface area contributed by atoms with Crippen molar-refractivity contribution >= 4 is 27.5 Å². The average molecular weight is 579 g/mol. The SMILES string of the molecule is CCCCc1nc(Cl)c(C(O)c2cccc(Br)n2)n1Cc1ccc(-c2ccccc2-c2nn[nH]n2)cc1. The van der Waals surface area contributed by atoms with Crippen LogP contribution in [0.2, 0.25) is 5.15 Å². The lowest BCUT2D eigenvalue weighted by Crippen LogP contribution is -2.14. The number of unbranched alkanes of at least 4 members (excludes halogenated alkanes) is 1. The highest BCUT2D eigenvalue weighted by Crippen LogP contribution is 2.32. The molecule has 0 bridgehead atoms. The summed E-state index contributed by atoms with van der Waals surface area (Å²) in [5, 5.41) is 26.0. The lowest BCUT2D eigenvalue weighted by molar-refractivity contribution is 0.205. The van der Waals surface area contributed by atoms with E-state index in [-0.39, 0.29) is 0 Å². The number of hydrogen-bond donors (Lipinski definition) is 2. The van der Waals surface area contributed by atoms with Gasteiger partial charge in [0.1, 0.15) is 16.5 Å². The molecule has 0 saturated heterocycles. The topological polar surface area (TPSA) is 105 Å². The van der Waals surface area contributed by atoms with Crippen molar-refractivity contribution in [2.75, 3.05) is 0 Å². The van der Waals surface area contributed by atoms with Gasteiger partial charge in [0.2, 0.25) is 5.82 Å². The van der Waals surface area contributed by atoms with Gasteiger partial charge in [0.15, 0.2) is 5.15 Å². The van der Waals surface area contributed by atoms with E-state index >= 15 is 0 Å². The Kier molecular flexibility index (Phi) is 7.73. The van der Waals surface area contributed by atoms with Gasteiger partial charge in [-0.25, -0.2) is 9.97 Å². The van der Waals surface area contributed by atoms with E-state index in [2.05, 4.69) is 77.7 Å². The van der Waals surface area contributed by atoms with Gasteiger partial charge in [0.05, 0.1) is 11.4 Å². The maximum Gasteiger partial charge on any atom is 0.205 e. The van der Waals surface area contributed by atoms with Crippen LogP contribution in [0, 0.1) is 0 Å². The quantitative estimate of drug-likeness (QED) is 0.207. The number of nitrogens with zero attached hydrogens (tertiary/aromatic N) is 6. The maximum absolute atomic E-state index is 11.3. The van der Waals surface area contributed by atoms with Gasteiger partial charge in [-0.1, -0.05) is 79.5 Å². The Morgan fingerprint density at radius 3 is 2.49 bits per heavy atom. The van der Waals surface area contributed by atoms with Crippen LogP contribution in [0.4, 0.5) is 0 Å². The van der Waals surface area contributed by atoms with Crippen LogP contribution in [0.3, 0.4) is 0 Å². The number of aryl methyl sites for hydroxylation is 1. The number of tetrazole rings is 1. The fraction of sp³-hybridized carbons (Fsp3) is 0.222. The second-order valence-corrected chi connectivity index (χ2v) is 9.83. The van der Waals surface area contributed by atoms with Crippen LogP contribution in [-0.4, -0.2) is 40.3 Å². The molecular weight excluding hydrogens is 554 g/mol. The van der Waals surface area contributed by atoms with Crippen LogP contribution >= 0.6 is 27.5 Å². The third-order valence-electron chi connectivity index (χ3n) is 6.19. The second kappa shape index (κ2) is 11.3. The number of aliphatic hydroxyl groups is 1. The number of benzene rings is 2. The number of pyridine rings is 1. The molecule has 3 heterocycles. The van der Waals surface area contributed by atoms with Crippen LogP contribution in [-0.2, 0) is 13.0 Å². The first kappa shape index (κ1) is 25.3. The first-order chi connectivity index (χ1) is 18.0. The van der Waals surface area contributed by atoms with Crippen molar-refractivity contribution in [3.8, 4) is 22.5 Å². The summed E-state index contributed by atoms with van der Waals surface area (Å²) in [5.41, 5.74) is 5.07. The number of rotatable bonds is 9. The average Bonchev–Trinajstić information content (AvgIpc) is 3.56. The van der Waals surface area contributed by atoms with Gasteiger partial charge >= 0.3 is 0 Å². The molecule has 1 atom stereocenters. The van der Waals surface area contributed by atoms with Crippen LogP contribution in [0.25, 0.3) is 22.5 Å². The number of aliphatic hydroxyl groups excluding tert-OH is 1. The van der Waals surface area contributed by atoms with Crippen LogP contribution < -0.4 is 0 Å². The molecule has 0 saturated carbocycles. The van der Waals surface area contributed by atoms with Gasteiger partial charge in [-0.15, -0.1) is 10.2 Å². The van der Waals surface area contributed by atoms with Gasteiger partial charge in [0.25, 0.3) is 0 Å². The molecule has 10 heteroatoms. The number of imidazole rings is 1. The van der Waals surface area contributed by atoms with Crippen LogP contribution in [0.15, 0.2) is 71.3 Å². The molecule has 0 amide bonds. The molecule has 0 aliphatic carbocycles. The zero-order valence-corrected chi connectivity index (χ0v) is 22.5. The van der Waals surface area contributed by atoms with E-state index in [0.29, 0.717) is 33.5 Å². The zero-order valence-electron chi connectivity index (χ0n) is 20.1. The van der Waals surface area contributed by atoms with E-state index in [4.69, 9.17) is 11.6 Å². The summed E-state index contributed by atoms with van der Waals surface area (Å²) in [5.74, 6) is 1.40. The van der Waals surface area contributed by atoms with E-state index < -0.39 is 6.10 Å². The fourth-order valence-electron chi connectivity index (χ4n) is 4.34. The van der Waals surface area contributed by atoms with E-state index in [1.807, 2.05) is 41.0 Å². The Morgan fingerprint density at radius 1 is 1.00 bits per heavy atom. The molecule has 1 unspecified atom stereocenters. The third-order valence-corrected chi connectivity index (χ3v) is 6.91. The Labute approximate surface area is 227 Å². The largest absolute Gasteiger partial charge is 0.380 e. The molecule has 2 aromatic carbocycles. The molecule has 0 aliphatic heterocycles. The van der Waals surface area contributed by atoms with Crippen molar-refractivity contribution in [2.24, 2.45) is 0 Å². The molecule has 2 N–H and O–H groups in total. The summed E-state index contributed by atoms with van der Waals surface area (Å²) in [7, 11) is 0. The molecular formula is C27H25BrClN7O. The minimum Gasteiger partial charge on any atom is -0.380 e. The standard InChI is InChI=1S/C27H25BrClN7O/c1-2-3-11-23-31-26(29)24(25(37)21-9-6-10-22(28)30-21)36(23)16-17-12-14-18(15-13-17)19-7-4-5-8-20(19)27-32-34-35-33-27/h4-10,12-15,25,37H,2-3,11,16H2,1H3,(H,32,33,34,35). The van der Waals surface area contributed by atoms with Crippen molar-refractivity contribution in [1.82, 2.24) is 35.2 Å². The summed E-state index contributed by atoms with van der Waals surface area (Å²) in [6.45, 7) is 2.66. The molecule has 0 radical (unpaired) electrons. The van der Waals surface area contributed by atoms with Crippen molar-refractivity contribution in [1.29, 1.82) is 0 Å². The third kappa shape index (κ3) is 5.49. The predicted molar refractivity (Wildman–Crippen MR) is 146 cm³/mol. The highest BCUT2D eigenvalue weighted by Gasteiger charge is 2.25. The number of H-pyrrole nitrogens is 1. The van der Waals surface area contributed by atoms with Crippen molar-refractivity contribution in [3.05, 3.63) is 99.3 Å². The van der Waals surface area contributed by atoms with Crippen LogP contribution in [0.1, 0.15) is 48.6 Å². The van der Waals surface area contributed by atoms with Crippen LogP contribution in [0.5, 0.6) is 0 Å². The monoisotopic (exact) mass is 577 g/mol. The number of hydrogen-bond acceptors (Lipinski definition) is 6. The molecule has 37 heavy (non-hydrogen) atoms. The van der Waals surface area contributed by atoms with Crippen molar-refractivity contribution < 1.29 is 5.11 Å². The summed E-state index contributed by atoms with van der Waals surface area (Å²) < 4.78 is 2.67.